The number of aliphatic hydroxyl groups excluding tert-OH is 1. The molecule has 0 radical (unpaired) electrons. The first-order valence-corrected chi connectivity index (χ1v) is 6.22. The summed E-state index contributed by atoms with van der Waals surface area (Å²) in [6.45, 7) is 2.48. The van der Waals surface area contributed by atoms with E-state index in [0.29, 0.717) is 12.1 Å². The van der Waals surface area contributed by atoms with Crippen molar-refractivity contribution in [1.82, 2.24) is 10.2 Å². The molecule has 0 saturated carbocycles. The minimum absolute atomic E-state index is 0.0171. The first-order valence-electron chi connectivity index (χ1n) is 6.22. The van der Waals surface area contributed by atoms with Crippen molar-refractivity contribution in [3.05, 3.63) is 57.5 Å². The highest BCUT2D eigenvalue weighted by Gasteiger charge is 2.30. The molecule has 2 N–H and O–H groups in total. The first kappa shape index (κ1) is 11.9. The molecule has 5 heteroatoms. The third-order valence-electron chi connectivity index (χ3n) is 3.69. The lowest BCUT2D eigenvalue weighted by atomic mass is 10.1. The van der Waals surface area contributed by atoms with Gasteiger partial charge in [-0.05, 0) is 18.1 Å². The van der Waals surface area contributed by atoms with Crippen LogP contribution in [0.3, 0.4) is 0 Å². The molecular weight excluding hydrogens is 242 g/mol. The number of hydrogen-bond donors (Lipinski definition) is 2. The topological polar surface area (TPSA) is 69.2 Å². The third kappa shape index (κ3) is 1.82. The number of aromatic nitrogens is 2. The van der Waals surface area contributed by atoms with Crippen LogP contribution in [-0.4, -0.2) is 21.9 Å². The number of benzene rings is 1. The summed E-state index contributed by atoms with van der Waals surface area (Å²) in [7, 11) is 0. The van der Waals surface area contributed by atoms with E-state index in [1.807, 2.05) is 29.2 Å². The van der Waals surface area contributed by atoms with Crippen LogP contribution in [0.25, 0.3) is 0 Å². The zero-order valence-electron chi connectivity index (χ0n) is 10.6. The van der Waals surface area contributed by atoms with E-state index in [0.717, 1.165) is 11.3 Å². The van der Waals surface area contributed by atoms with Crippen molar-refractivity contribution in [2.75, 3.05) is 11.5 Å². The van der Waals surface area contributed by atoms with E-state index in [1.54, 1.807) is 13.1 Å². The van der Waals surface area contributed by atoms with Crippen molar-refractivity contribution < 1.29 is 5.11 Å². The molecule has 2 aromatic rings. The number of hydrogen-bond acceptors (Lipinski definition) is 4. The zero-order chi connectivity index (χ0) is 13.4. The number of aromatic amines is 1. The molecular formula is C14H15N3O2. The molecule has 1 atom stereocenters. The average molecular weight is 257 g/mol. The Morgan fingerprint density at radius 3 is 3.05 bits per heavy atom. The van der Waals surface area contributed by atoms with E-state index in [2.05, 4.69) is 10.2 Å². The summed E-state index contributed by atoms with van der Waals surface area (Å²) in [5, 5.41) is 15.9. The molecule has 1 aliphatic rings. The molecule has 0 fully saturated rings. The molecule has 1 aromatic heterocycles. The SMILES string of the molecule is Cc1c(N2Cc3ccccc3[C@@H]2CO)cn[nH]c1=O. The second kappa shape index (κ2) is 4.51. The molecule has 5 nitrogen and oxygen atoms in total. The van der Waals surface area contributed by atoms with Crippen LogP contribution in [0.5, 0.6) is 0 Å². The van der Waals surface area contributed by atoms with Gasteiger partial charge < -0.3 is 10.0 Å². The summed E-state index contributed by atoms with van der Waals surface area (Å²) in [4.78, 5) is 13.7. The lowest BCUT2D eigenvalue weighted by molar-refractivity contribution is 0.265. The van der Waals surface area contributed by atoms with E-state index < -0.39 is 0 Å². The Morgan fingerprint density at radius 2 is 2.26 bits per heavy atom. The monoisotopic (exact) mass is 257 g/mol. The number of rotatable bonds is 2. The number of aliphatic hydroxyl groups is 1. The maximum Gasteiger partial charge on any atom is 0.269 e. The largest absolute Gasteiger partial charge is 0.394 e. The van der Waals surface area contributed by atoms with Gasteiger partial charge in [0, 0.05) is 12.1 Å². The van der Waals surface area contributed by atoms with Crippen LogP contribution in [0.4, 0.5) is 5.69 Å². The lowest BCUT2D eigenvalue weighted by Crippen LogP contribution is -2.27. The Kier molecular flexibility index (Phi) is 2.83. The minimum atomic E-state index is -0.190. The molecule has 98 valence electrons. The number of anilines is 1. The third-order valence-corrected chi connectivity index (χ3v) is 3.69. The van der Waals surface area contributed by atoms with Gasteiger partial charge in [-0.3, -0.25) is 4.79 Å². The maximum absolute atomic E-state index is 11.7. The van der Waals surface area contributed by atoms with Gasteiger partial charge in [-0.2, -0.15) is 5.10 Å². The normalized spacial score (nSPS) is 17.6. The summed E-state index contributed by atoms with van der Waals surface area (Å²) < 4.78 is 0. The molecule has 3 rings (SSSR count). The van der Waals surface area contributed by atoms with Crippen LogP contribution >= 0.6 is 0 Å². The second-order valence-electron chi connectivity index (χ2n) is 4.73. The van der Waals surface area contributed by atoms with Crippen molar-refractivity contribution >= 4 is 5.69 Å². The van der Waals surface area contributed by atoms with Crippen molar-refractivity contribution in [3.63, 3.8) is 0 Å². The van der Waals surface area contributed by atoms with E-state index >= 15 is 0 Å². The Bertz CT molecular complexity index is 666. The number of H-pyrrole nitrogens is 1. The van der Waals surface area contributed by atoms with Crippen molar-refractivity contribution in [2.24, 2.45) is 0 Å². The lowest BCUT2D eigenvalue weighted by Gasteiger charge is -2.26. The highest BCUT2D eigenvalue weighted by atomic mass is 16.3. The number of nitrogens with one attached hydrogen (secondary N) is 1. The van der Waals surface area contributed by atoms with Crippen molar-refractivity contribution in [2.45, 2.75) is 19.5 Å². The van der Waals surface area contributed by atoms with Crippen LogP contribution in [0, 0.1) is 6.92 Å². The zero-order valence-corrected chi connectivity index (χ0v) is 10.6. The van der Waals surface area contributed by atoms with Gasteiger partial charge in [-0.15, -0.1) is 0 Å². The molecule has 0 saturated heterocycles. The van der Waals surface area contributed by atoms with Gasteiger partial charge in [0.1, 0.15) is 0 Å². The number of nitrogens with zero attached hydrogens (tertiary/aromatic N) is 2. The summed E-state index contributed by atoms with van der Waals surface area (Å²) in [5.74, 6) is 0. The molecule has 0 bridgehead atoms. The summed E-state index contributed by atoms with van der Waals surface area (Å²) >= 11 is 0. The molecule has 1 aromatic carbocycles. The number of fused-ring (bicyclic) bond motifs is 1. The highest BCUT2D eigenvalue weighted by Crippen LogP contribution is 2.37. The fourth-order valence-corrected chi connectivity index (χ4v) is 2.65. The van der Waals surface area contributed by atoms with E-state index in [-0.39, 0.29) is 18.2 Å². The smallest absolute Gasteiger partial charge is 0.269 e. The molecule has 0 amide bonds. The fraction of sp³-hybridized carbons (Fsp3) is 0.286. The van der Waals surface area contributed by atoms with Crippen LogP contribution < -0.4 is 10.5 Å². The molecule has 19 heavy (non-hydrogen) atoms. The van der Waals surface area contributed by atoms with Crippen molar-refractivity contribution in [1.29, 1.82) is 0 Å². The predicted octanol–water partition coefficient (Wildman–Crippen LogP) is 1.13. The molecule has 0 spiro atoms. The Labute approximate surface area is 110 Å². The summed E-state index contributed by atoms with van der Waals surface area (Å²) in [5.41, 5.74) is 3.51. The Balaban J connectivity index is 2.08. The molecule has 2 heterocycles. The average Bonchev–Trinajstić information content (AvgIpc) is 2.80. The van der Waals surface area contributed by atoms with Gasteiger partial charge in [-0.25, -0.2) is 5.10 Å². The van der Waals surface area contributed by atoms with Gasteiger partial charge in [-0.1, -0.05) is 24.3 Å². The standard InChI is InChI=1S/C14H15N3O2/c1-9-12(6-15-16-14(9)19)17-7-10-4-2-3-5-11(10)13(17)8-18/h2-6,13,18H,7-8H2,1H3,(H,16,19)/t13-/m0/s1. The highest BCUT2D eigenvalue weighted by molar-refractivity contribution is 5.57. The van der Waals surface area contributed by atoms with Crippen LogP contribution in [0.15, 0.2) is 35.3 Å². The van der Waals surface area contributed by atoms with Gasteiger partial charge in [0.05, 0.1) is 24.5 Å². The molecule has 1 aliphatic heterocycles. The van der Waals surface area contributed by atoms with E-state index in [1.165, 1.54) is 5.56 Å². The fourth-order valence-electron chi connectivity index (χ4n) is 2.65. The van der Waals surface area contributed by atoms with E-state index in [4.69, 9.17) is 0 Å². The van der Waals surface area contributed by atoms with Gasteiger partial charge in [0.25, 0.3) is 5.56 Å². The van der Waals surface area contributed by atoms with Crippen LogP contribution in [0.2, 0.25) is 0 Å². The van der Waals surface area contributed by atoms with Gasteiger partial charge in [0.2, 0.25) is 0 Å². The summed E-state index contributed by atoms with van der Waals surface area (Å²) in [6.07, 6.45) is 1.64. The van der Waals surface area contributed by atoms with E-state index in [9.17, 15) is 9.90 Å². The van der Waals surface area contributed by atoms with Crippen LogP contribution in [0.1, 0.15) is 22.7 Å². The minimum Gasteiger partial charge on any atom is -0.394 e. The molecule has 0 unspecified atom stereocenters. The van der Waals surface area contributed by atoms with Crippen molar-refractivity contribution in [3.8, 4) is 0 Å². The Hall–Kier alpha value is -2.14. The summed E-state index contributed by atoms with van der Waals surface area (Å²) in [6, 6.07) is 7.91. The maximum atomic E-state index is 11.7. The first-order chi connectivity index (χ1) is 9.22. The van der Waals surface area contributed by atoms with Gasteiger partial charge >= 0.3 is 0 Å². The molecule has 0 aliphatic carbocycles. The van der Waals surface area contributed by atoms with Crippen LogP contribution in [-0.2, 0) is 6.54 Å². The Morgan fingerprint density at radius 1 is 1.47 bits per heavy atom. The van der Waals surface area contributed by atoms with Gasteiger partial charge in [0.15, 0.2) is 0 Å². The predicted molar refractivity (Wildman–Crippen MR) is 72.0 cm³/mol. The second-order valence-corrected chi connectivity index (χ2v) is 4.73. The quantitative estimate of drug-likeness (QED) is 0.846.